The van der Waals surface area contributed by atoms with E-state index in [9.17, 15) is 9.59 Å². The highest BCUT2D eigenvalue weighted by atomic mass is 35.5. The molecule has 0 bridgehead atoms. The predicted octanol–water partition coefficient (Wildman–Crippen LogP) is 6.91. The Hall–Kier alpha value is -4.68. The lowest BCUT2D eigenvalue weighted by molar-refractivity contribution is 0.102. The van der Waals surface area contributed by atoms with Gasteiger partial charge >= 0.3 is 5.63 Å². The summed E-state index contributed by atoms with van der Waals surface area (Å²) in [6.07, 6.45) is 0. The third-order valence-corrected chi connectivity index (χ3v) is 6.28. The Morgan fingerprint density at radius 3 is 2.58 bits per heavy atom. The number of aromatic amines is 1. The molecule has 0 saturated heterocycles. The van der Waals surface area contributed by atoms with E-state index >= 15 is 0 Å². The summed E-state index contributed by atoms with van der Waals surface area (Å²) < 4.78 is 5.45. The van der Waals surface area contributed by atoms with Crippen molar-refractivity contribution in [3.05, 3.63) is 118 Å². The van der Waals surface area contributed by atoms with Gasteiger partial charge < -0.3 is 14.7 Å². The van der Waals surface area contributed by atoms with Crippen molar-refractivity contribution in [3.63, 3.8) is 0 Å². The van der Waals surface area contributed by atoms with Crippen LogP contribution in [0.4, 0.5) is 5.69 Å². The van der Waals surface area contributed by atoms with Crippen LogP contribution in [0.25, 0.3) is 44.5 Å². The Labute approximate surface area is 210 Å². The van der Waals surface area contributed by atoms with E-state index in [4.69, 9.17) is 16.0 Å². The fraction of sp³-hybridized carbons (Fsp3) is 0. The zero-order valence-corrected chi connectivity index (χ0v) is 19.5. The molecule has 36 heavy (non-hydrogen) atoms. The second-order valence-corrected chi connectivity index (χ2v) is 8.72. The summed E-state index contributed by atoms with van der Waals surface area (Å²) in [7, 11) is 0. The number of aromatic nitrogens is 2. The van der Waals surface area contributed by atoms with Crippen molar-refractivity contribution in [2.24, 2.45) is 0 Å². The maximum Gasteiger partial charge on any atom is 0.344 e. The first-order chi connectivity index (χ1) is 17.5. The first-order valence-electron chi connectivity index (χ1n) is 11.2. The number of imidazole rings is 1. The van der Waals surface area contributed by atoms with E-state index in [1.54, 1.807) is 54.6 Å². The molecule has 0 unspecified atom stereocenters. The molecular formula is C29H18ClN3O3. The van der Waals surface area contributed by atoms with Gasteiger partial charge in [-0.15, -0.1) is 0 Å². The number of nitrogens with one attached hydrogen (secondary N) is 2. The lowest BCUT2D eigenvalue weighted by Gasteiger charge is -2.09. The molecule has 0 fully saturated rings. The van der Waals surface area contributed by atoms with E-state index in [1.807, 2.05) is 42.5 Å². The summed E-state index contributed by atoms with van der Waals surface area (Å²) in [6.45, 7) is 0. The monoisotopic (exact) mass is 491 g/mol. The van der Waals surface area contributed by atoms with Crippen LogP contribution in [-0.2, 0) is 0 Å². The summed E-state index contributed by atoms with van der Waals surface area (Å²) in [6, 6.07) is 28.9. The van der Waals surface area contributed by atoms with E-state index < -0.39 is 5.63 Å². The molecule has 6 rings (SSSR count). The SMILES string of the molecule is O=C(Nc1ccc(Cl)c(-c2nc3ccccc3[nH]2)c1)c1cccc(-c2cc3ccccc3oc2=O)c1. The molecular weight excluding hydrogens is 474 g/mol. The van der Waals surface area contributed by atoms with Crippen molar-refractivity contribution in [2.45, 2.75) is 0 Å². The third kappa shape index (κ3) is 4.04. The van der Waals surface area contributed by atoms with Gasteiger partial charge in [0.15, 0.2) is 0 Å². The lowest BCUT2D eigenvalue weighted by atomic mass is 10.0. The number of benzene rings is 4. The van der Waals surface area contributed by atoms with E-state index in [0.29, 0.717) is 44.4 Å². The Kier molecular flexibility index (Phi) is 5.36. The molecule has 0 radical (unpaired) electrons. The third-order valence-electron chi connectivity index (χ3n) is 5.95. The van der Waals surface area contributed by atoms with Gasteiger partial charge in [-0.2, -0.15) is 0 Å². The molecule has 1 amide bonds. The van der Waals surface area contributed by atoms with Crippen LogP contribution in [-0.4, -0.2) is 15.9 Å². The van der Waals surface area contributed by atoms with Gasteiger partial charge in [0.2, 0.25) is 0 Å². The molecule has 0 aliphatic rings. The van der Waals surface area contributed by atoms with Gasteiger partial charge in [0.05, 0.1) is 21.6 Å². The Morgan fingerprint density at radius 2 is 1.69 bits per heavy atom. The summed E-state index contributed by atoms with van der Waals surface area (Å²) in [5.74, 6) is 0.294. The summed E-state index contributed by atoms with van der Waals surface area (Å²) in [4.78, 5) is 33.6. The van der Waals surface area contributed by atoms with Crippen LogP contribution in [0.1, 0.15) is 10.4 Å². The molecule has 0 saturated carbocycles. The first kappa shape index (κ1) is 21.8. The summed E-state index contributed by atoms with van der Waals surface area (Å²) in [5.41, 5.74) is 4.41. The zero-order chi connectivity index (χ0) is 24.6. The average molecular weight is 492 g/mol. The smallest absolute Gasteiger partial charge is 0.344 e. The number of halogens is 1. The maximum absolute atomic E-state index is 13.1. The van der Waals surface area contributed by atoms with Crippen LogP contribution < -0.4 is 10.9 Å². The van der Waals surface area contributed by atoms with Crippen LogP contribution >= 0.6 is 11.6 Å². The highest BCUT2D eigenvalue weighted by Gasteiger charge is 2.14. The van der Waals surface area contributed by atoms with Gasteiger partial charge in [0, 0.05) is 22.2 Å². The van der Waals surface area contributed by atoms with Gasteiger partial charge in [-0.3, -0.25) is 4.79 Å². The van der Waals surface area contributed by atoms with Crippen molar-refractivity contribution >= 4 is 45.2 Å². The second kappa shape index (κ2) is 8.83. The molecule has 2 aromatic heterocycles. The number of para-hydroxylation sites is 3. The zero-order valence-electron chi connectivity index (χ0n) is 18.8. The minimum Gasteiger partial charge on any atom is -0.422 e. The molecule has 174 valence electrons. The normalized spacial score (nSPS) is 11.1. The number of nitrogens with zero attached hydrogens (tertiary/aromatic N) is 1. The fourth-order valence-corrected chi connectivity index (χ4v) is 4.37. The number of anilines is 1. The predicted molar refractivity (Wildman–Crippen MR) is 142 cm³/mol. The largest absolute Gasteiger partial charge is 0.422 e. The molecule has 6 nitrogen and oxygen atoms in total. The number of hydrogen-bond acceptors (Lipinski definition) is 4. The standard InChI is InChI=1S/C29H18ClN3O3/c30-23-13-12-20(16-22(23)27-32-24-9-2-3-10-25(24)33-27)31-28(34)19-8-5-7-17(14-19)21-15-18-6-1-4-11-26(18)36-29(21)35/h1-16H,(H,31,34)(H,32,33). The number of fused-ring (bicyclic) bond motifs is 2. The molecule has 0 spiro atoms. The van der Waals surface area contributed by atoms with Crippen LogP contribution in [0, 0.1) is 0 Å². The quantitative estimate of drug-likeness (QED) is 0.262. The first-order valence-corrected chi connectivity index (χ1v) is 11.6. The Morgan fingerprint density at radius 1 is 0.861 bits per heavy atom. The average Bonchev–Trinajstić information content (AvgIpc) is 3.33. The number of amides is 1. The second-order valence-electron chi connectivity index (χ2n) is 8.32. The van der Waals surface area contributed by atoms with Crippen molar-refractivity contribution in [3.8, 4) is 22.5 Å². The maximum atomic E-state index is 13.1. The highest BCUT2D eigenvalue weighted by Crippen LogP contribution is 2.30. The molecule has 7 heteroatoms. The Balaban J connectivity index is 1.30. The lowest BCUT2D eigenvalue weighted by Crippen LogP contribution is -2.12. The summed E-state index contributed by atoms with van der Waals surface area (Å²) in [5, 5.41) is 4.23. The van der Waals surface area contributed by atoms with Gasteiger partial charge in [0.25, 0.3) is 5.91 Å². The van der Waals surface area contributed by atoms with E-state index in [0.717, 1.165) is 16.4 Å². The minimum atomic E-state index is -0.459. The number of H-pyrrole nitrogens is 1. The van der Waals surface area contributed by atoms with Crippen LogP contribution in [0.2, 0.25) is 5.02 Å². The van der Waals surface area contributed by atoms with Crippen molar-refractivity contribution in [1.29, 1.82) is 0 Å². The number of carbonyl (C=O) groups excluding carboxylic acids is 1. The molecule has 0 atom stereocenters. The molecule has 4 aromatic carbocycles. The molecule has 2 N–H and O–H groups in total. The van der Waals surface area contributed by atoms with Gasteiger partial charge in [0.1, 0.15) is 11.4 Å². The van der Waals surface area contributed by atoms with Gasteiger partial charge in [-0.1, -0.05) is 54.1 Å². The van der Waals surface area contributed by atoms with E-state index in [1.165, 1.54) is 0 Å². The number of rotatable bonds is 4. The molecule has 0 aliphatic heterocycles. The molecule has 6 aromatic rings. The topological polar surface area (TPSA) is 88.0 Å². The number of carbonyl (C=O) groups is 1. The van der Waals surface area contributed by atoms with Crippen molar-refractivity contribution in [1.82, 2.24) is 9.97 Å². The highest BCUT2D eigenvalue weighted by molar-refractivity contribution is 6.33. The van der Waals surface area contributed by atoms with E-state index in [2.05, 4.69) is 15.3 Å². The van der Waals surface area contributed by atoms with Gasteiger partial charge in [-0.25, -0.2) is 9.78 Å². The van der Waals surface area contributed by atoms with Gasteiger partial charge in [-0.05, 0) is 60.2 Å². The van der Waals surface area contributed by atoms with E-state index in [-0.39, 0.29) is 5.91 Å². The van der Waals surface area contributed by atoms with Crippen LogP contribution in [0.5, 0.6) is 0 Å². The van der Waals surface area contributed by atoms with Crippen LogP contribution in [0.15, 0.2) is 106 Å². The number of hydrogen-bond donors (Lipinski definition) is 2. The molecule has 2 heterocycles. The van der Waals surface area contributed by atoms with Crippen molar-refractivity contribution in [2.75, 3.05) is 5.32 Å². The minimum absolute atomic E-state index is 0.320. The summed E-state index contributed by atoms with van der Waals surface area (Å²) >= 11 is 6.45. The Bertz CT molecular complexity index is 1800. The fourth-order valence-electron chi connectivity index (χ4n) is 4.16. The van der Waals surface area contributed by atoms with Crippen molar-refractivity contribution < 1.29 is 9.21 Å². The van der Waals surface area contributed by atoms with Crippen LogP contribution in [0.3, 0.4) is 0 Å². The molecule has 0 aliphatic carbocycles.